The Morgan fingerprint density at radius 3 is 2.33 bits per heavy atom. The van der Waals surface area contributed by atoms with Crippen LogP contribution in [0.1, 0.15) is 28.3 Å². The van der Waals surface area contributed by atoms with Gasteiger partial charge in [0, 0.05) is 30.6 Å². The Kier molecular flexibility index (Phi) is 7.21. The van der Waals surface area contributed by atoms with Crippen LogP contribution in [-0.4, -0.2) is 42.5 Å². The van der Waals surface area contributed by atoms with Crippen molar-refractivity contribution in [2.45, 2.75) is 18.4 Å². The molecule has 144 valence electrons. The first-order valence-electron chi connectivity index (χ1n) is 8.65. The Labute approximate surface area is 164 Å². The number of nitrogens with zero attached hydrogens (tertiary/aromatic N) is 1. The zero-order valence-corrected chi connectivity index (χ0v) is 15.7. The molecule has 2 aromatic rings. The van der Waals surface area contributed by atoms with Crippen LogP contribution in [0.15, 0.2) is 54.6 Å². The summed E-state index contributed by atoms with van der Waals surface area (Å²) in [7, 11) is 0. The van der Waals surface area contributed by atoms with Crippen LogP contribution in [0.3, 0.4) is 0 Å². The van der Waals surface area contributed by atoms with Gasteiger partial charge in [0.25, 0.3) is 0 Å². The van der Waals surface area contributed by atoms with E-state index in [1.807, 2.05) is 23.1 Å². The zero-order chi connectivity index (χ0) is 18.5. The molecule has 0 bridgehead atoms. The number of amides is 2. The lowest BCUT2D eigenvalue weighted by Gasteiger charge is -2.16. The van der Waals surface area contributed by atoms with Crippen molar-refractivity contribution < 1.29 is 14.3 Å². The van der Waals surface area contributed by atoms with E-state index in [1.165, 1.54) is 5.56 Å². The highest BCUT2D eigenvalue weighted by Crippen LogP contribution is 2.26. The van der Waals surface area contributed by atoms with E-state index in [2.05, 4.69) is 12.1 Å². The minimum Gasteiger partial charge on any atom is -0.493 e. The quantitative estimate of drug-likeness (QED) is 0.788. The minimum absolute atomic E-state index is 0. The van der Waals surface area contributed by atoms with Gasteiger partial charge in [-0.15, -0.1) is 12.4 Å². The highest BCUT2D eigenvalue weighted by molar-refractivity contribution is 5.92. The molecule has 1 saturated heterocycles. The molecule has 1 aliphatic heterocycles. The molecule has 7 heteroatoms. The molecule has 2 atom stereocenters. The van der Waals surface area contributed by atoms with E-state index in [-0.39, 0.29) is 43.3 Å². The van der Waals surface area contributed by atoms with Gasteiger partial charge in [0.2, 0.25) is 11.8 Å². The SMILES string of the molecule is Cl.NC(=O)c1ccc(OCCC(=O)N2C[C@@H](N)[C@H](c3ccccc3)C2)cc1. The van der Waals surface area contributed by atoms with Crippen molar-refractivity contribution in [2.24, 2.45) is 11.5 Å². The number of primary amides is 1. The molecule has 0 unspecified atom stereocenters. The second-order valence-corrected chi connectivity index (χ2v) is 6.47. The van der Waals surface area contributed by atoms with Gasteiger partial charge in [-0.05, 0) is 29.8 Å². The average molecular weight is 390 g/mol. The van der Waals surface area contributed by atoms with Crippen LogP contribution in [0.4, 0.5) is 0 Å². The summed E-state index contributed by atoms with van der Waals surface area (Å²) in [5.74, 6) is 0.322. The fourth-order valence-corrected chi connectivity index (χ4v) is 3.22. The summed E-state index contributed by atoms with van der Waals surface area (Å²) in [5.41, 5.74) is 13.0. The summed E-state index contributed by atoms with van der Waals surface area (Å²) < 4.78 is 5.58. The lowest BCUT2D eigenvalue weighted by molar-refractivity contribution is -0.130. The smallest absolute Gasteiger partial charge is 0.248 e. The van der Waals surface area contributed by atoms with E-state index in [1.54, 1.807) is 24.3 Å². The van der Waals surface area contributed by atoms with E-state index in [4.69, 9.17) is 16.2 Å². The van der Waals surface area contributed by atoms with Gasteiger partial charge in [-0.3, -0.25) is 9.59 Å². The van der Waals surface area contributed by atoms with E-state index in [0.29, 0.717) is 24.4 Å². The second kappa shape index (κ2) is 9.39. The van der Waals surface area contributed by atoms with Gasteiger partial charge in [-0.2, -0.15) is 0 Å². The molecule has 27 heavy (non-hydrogen) atoms. The summed E-state index contributed by atoms with van der Waals surface area (Å²) in [6, 6.07) is 16.5. The Morgan fingerprint density at radius 2 is 1.70 bits per heavy atom. The maximum absolute atomic E-state index is 12.4. The van der Waals surface area contributed by atoms with Crippen LogP contribution < -0.4 is 16.2 Å². The molecule has 0 saturated carbocycles. The number of benzene rings is 2. The second-order valence-electron chi connectivity index (χ2n) is 6.47. The van der Waals surface area contributed by atoms with E-state index in [9.17, 15) is 9.59 Å². The summed E-state index contributed by atoms with van der Waals surface area (Å²) >= 11 is 0. The van der Waals surface area contributed by atoms with Crippen molar-refractivity contribution in [3.05, 3.63) is 65.7 Å². The molecule has 0 spiro atoms. The average Bonchev–Trinajstić information content (AvgIpc) is 3.04. The molecule has 0 radical (unpaired) electrons. The number of likely N-dealkylation sites (tertiary alicyclic amines) is 1. The van der Waals surface area contributed by atoms with Crippen LogP contribution in [0.5, 0.6) is 5.75 Å². The maximum atomic E-state index is 12.4. The maximum Gasteiger partial charge on any atom is 0.248 e. The Bertz CT molecular complexity index is 768. The zero-order valence-electron chi connectivity index (χ0n) is 14.9. The molecule has 0 aliphatic carbocycles. The molecular weight excluding hydrogens is 366 g/mol. The number of rotatable bonds is 6. The molecule has 2 aromatic carbocycles. The van der Waals surface area contributed by atoms with Gasteiger partial charge < -0.3 is 21.1 Å². The molecular formula is C20H24ClN3O3. The molecule has 1 heterocycles. The standard InChI is InChI=1S/C20H23N3O3.ClH/c21-18-13-23(12-17(18)14-4-2-1-3-5-14)19(24)10-11-26-16-8-6-15(7-9-16)20(22)25;/h1-9,17-18H,10-13,21H2,(H2,22,25);1H/t17-,18+;/m0./s1. The third kappa shape index (κ3) is 5.21. The first-order chi connectivity index (χ1) is 12.5. The van der Waals surface area contributed by atoms with Gasteiger partial charge in [0.05, 0.1) is 13.0 Å². The third-order valence-electron chi connectivity index (χ3n) is 4.67. The van der Waals surface area contributed by atoms with Crippen molar-refractivity contribution in [1.29, 1.82) is 0 Å². The van der Waals surface area contributed by atoms with Crippen molar-refractivity contribution in [3.8, 4) is 5.75 Å². The number of carbonyl (C=O) groups is 2. The molecule has 6 nitrogen and oxygen atoms in total. The summed E-state index contributed by atoms with van der Waals surface area (Å²) in [5, 5.41) is 0. The lowest BCUT2D eigenvalue weighted by Crippen LogP contribution is -2.32. The fraction of sp³-hybridized carbons (Fsp3) is 0.300. The van der Waals surface area contributed by atoms with Gasteiger partial charge in [0.1, 0.15) is 5.75 Å². The molecule has 1 fully saturated rings. The van der Waals surface area contributed by atoms with Gasteiger partial charge in [-0.25, -0.2) is 0 Å². The van der Waals surface area contributed by atoms with Crippen molar-refractivity contribution in [3.63, 3.8) is 0 Å². The number of nitrogens with two attached hydrogens (primary N) is 2. The van der Waals surface area contributed by atoms with Crippen LogP contribution in [-0.2, 0) is 4.79 Å². The van der Waals surface area contributed by atoms with Gasteiger partial charge in [-0.1, -0.05) is 30.3 Å². The van der Waals surface area contributed by atoms with Crippen LogP contribution in [0.25, 0.3) is 0 Å². The highest BCUT2D eigenvalue weighted by Gasteiger charge is 2.33. The van der Waals surface area contributed by atoms with E-state index < -0.39 is 5.91 Å². The number of hydrogen-bond donors (Lipinski definition) is 2. The van der Waals surface area contributed by atoms with Crippen LogP contribution in [0, 0.1) is 0 Å². The fourth-order valence-electron chi connectivity index (χ4n) is 3.22. The third-order valence-corrected chi connectivity index (χ3v) is 4.67. The van der Waals surface area contributed by atoms with Crippen LogP contribution in [0.2, 0.25) is 0 Å². The normalized spacial score (nSPS) is 18.6. The summed E-state index contributed by atoms with van der Waals surface area (Å²) in [4.78, 5) is 25.3. The topological polar surface area (TPSA) is 98.7 Å². The molecule has 3 rings (SSSR count). The lowest BCUT2D eigenvalue weighted by atomic mass is 9.95. The van der Waals surface area contributed by atoms with Crippen LogP contribution >= 0.6 is 12.4 Å². The molecule has 0 aromatic heterocycles. The first kappa shape index (κ1) is 20.7. The minimum atomic E-state index is -0.481. The van der Waals surface area contributed by atoms with Crippen molar-refractivity contribution in [1.82, 2.24) is 4.90 Å². The molecule has 4 N–H and O–H groups in total. The predicted octanol–water partition coefficient (Wildman–Crippen LogP) is 1.93. The van der Waals surface area contributed by atoms with Gasteiger partial charge in [0.15, 0.2) is 0 Å². The van der Waals surface area contributed by atoms with Gasteiger partial charge >= 0.3 is 0 Å². The number of ether oxygens (including phenoxy) is 1. The van der Waals surface area contributed by atoms with Crippen molar-refractivity contribution >= 4 is 24.2 Å². The molecule has 2 amide bonds. The number of halogens is 1. The monoisotopic (exact) mass is 389 g/mol. The van der Waals surface area contributed by atoms with E-state index in [0.717, 1.165) is 0 Å². The Hall–Kier alpha value is -2.57. The number of hydrogen-bond acceptors (Lipinski definition) is 4. The summed E-state index contributed by atoms with van der Waals surface area (Å²) in [6.07, 6.45) is 0.284. The summed E-state index contributed by atoms with van der Waals surface area (Å²) in [6.45, 7) is 1.47. The highest BCUT2D eigenvalue weighted by atomic mass is 35.5. The number of carbonyl (C=O) groups excluding carboxylic acids is 2. The first-order valence-corrected chi connectivity index (χ1v) is 8.65. The molecule has 1 aliphatic rings. The Morgan fingerprint density at radius 1 is 1.04 bits per heavy atom. The Balaban J connectivity index is 0.00000261. The largest absolute Gasteiger partial charge is 0.493 e. The van der Waals surface area contributed by atoms with Crippen molar-refractivity contribution in [2.75, 3.05) is 19.7 Å². The predicted molar refractivity (Wildman–Crippen MR) is 106 cm³/mol. The van der Waals surface area contributed by atoms with E-state index >= 15 is 0 Å².